The number of furan rings is 1. The Bertz CT molecular complexity index is 839. The first-order chi connectivity index (χ1) is 11.9. The van der Waals surface area contributed by atoms with Gasteiger partial charge < -0.3 is 9.15 Å². The number of aryl methyl sites for hydroxylation is 1. The maximum absolute atomic E-state index is 11.9. The SMILES string of the molecule is COC(=O)c1oc(CN(Cc2cccs2)[C@@H]2CCS(=O)(=O)C2)cc1C. The first kappa shape index (κ1) is 18.2. The van der Waals surface area contributed by atoms with Gasteiger partial charge >= 0.3 is 5.97 Å². The molecular weight excluding hydrogens is 362 g/mol. The van der Waals surface area contributed by atoms with Crippen molar-refractivity contribution >= 4 is 27.1 Å². The summed E-state index contributed by atoms with van der Waals surface area (Å²) in [7, 11) is -1.66. The minimum Gasteiger partial charge on any atom is -0.463 e. The van der Waals surface area contributed by atoms with E-state index in [0.717, 1.165) is 5.56 Å². The second kappa shape index (κ2) is 7.31. The maximum atomic E-state index is 11.9. The van der Waals surface area contributed by atoms with Crippen molar-refractivity contribution in [3.05, 3.63) is 45.5 Å². The van der Waals surface area contributed by atoms with Crippen LogP contribution in [0.25, 0.3) is 0 Å². The number of sulfone groups is 1. The Kier molecular flexibility index (Phi) is 5.31. The maximum Gasteiger partial charge on any atom is 0.374 e. The Morgan fingerprint density at radius 2 is 2.24 bits per heavy atom. The van der Waals surface area contributed by atoms with Gasteiger partial charge in [0.15, 0.2) is 9.84 Å². The van der Waals surface area contributed by atoms with Crippen LogP contribution in [0.5, 0.6) is 0 Å². The largest absolute Gasteiger partial charge is 0.463 e. The zero-order chi connectivity index (χ0) is 18.0. The van der Waals surface area contributed by atoms with Crippen molar-refractivity contribution in [1.29, 1.82) is 0 Å². The molecule has 136 valence electrons. The van der Waals surface area contributed by atoms with Gasteiger partial charge in [0, 0.05) is 23.0 Å². The van der Waals surface area contributed by atoms with Gasteiger partial charge in [-0.25, -0.2) is 13.2 Å². The molecule has 3 rings (SSSR count). The Morgan fingerprint density at radius 3 is 2.84 bits per heavy atom. The monoisotopic (exact) mass is 383 g/mol. The molecule has 0 unspecified atom stereocenters. The van der Waals surface area contributed by atoms with E-state index in [4.69, 9.17) is 9.15 Å². The second-order valence-electron chi connectivity index (χ2n) is 6.26. The van der Waals surface area contributed by atoms with Gasteiger partial charge in [0.05, 0.1) is 25.2 Å². The Balaban J connectivity index is 1.81. The fourth-order valence-corrected chi connectivity index (χ4v) is 5.59. The number of carbonyl (C=O) groups excluding carboxylic acids is 1. The number of thiophene rings is 1. The molecule has 1 saturated heterocycles. The summed E-state index contributed by atoms with van der Waals surface area (Å²) >= 11 is 1.64. The molecule has 0 aliphatic carbocycles. The third-order valence-electron chi connectivity index (χ3n) is 4.36. The van der Waals surface area contributed by atoms with E-state index >= 15 is 0 Å². The van der Waals surface area contributed by atoms with Crippen LogP contribution in [0.2, 0.25) is 0 Å². The lowest BCUT2D eigenvalue weighted by Crippen LogP contribution is -2.34. The highest BCUT2D eigenvalue weighted by Gasteiger charge is 2.33. The van der Waals surface area contributed by atoms with E-state index in [-0.39, 0.29) is 23.3 Å². The summed E-state index contributed by atoms with van der Waals surface area (Å²) in [5, 5.41) is 2.01. The molecule has 0 amide bonds. The van der Waals surface area contributed by atoms with E-state index in [2.05, 4.69) is 4.90 Å². The predicted octanol–water partition coefficient (Wildman–Crippen LogP) is 2.63. The normalized spacial score (nSPS) is 19.4. The van der Waals surface area contributed by atoms with Crippen LogP contribution in [0.15, 0.2) is 28.0 Å². The Hall–Kier alpha value is -1.64. The summed E-state index contributed by atoms with van der Waals surface area (Å²) < 4.78 is 34.1. The third kappa shape index (κ3) is 4.31. The van der Waals surface area contributed by atoms with Crippen LogP contribution in [0.4, 0.5) is 0 Å². The van der Waals surface area contributed by atoms with Crippen molar-refractivity contribution in [3.63, 3.8) is 0 Å². The quantitative estimate of drug-likeness (QED) is 0.714. The van der Waals surface area contributed by atoms with E-state index < -0.39 is 15.8 Å². The van der Waals surface area contributed by atoms with Crippen LogP contribution in [0.3, 0.4) is 0 Å². The van der Waals surface area contributed by atoms with Crippen LogP contribution >= 0.6 is 11.3 Å². The van der Waals surface area contributed by atoms with E-state index in [9.17, 15) is 13.2 Å². The van der Waals surface area contributed by atoms with Crippen molar-refractivity contribution in [3.8, 4) is 0 Å². The van der Waals surface area contributed by atoms with Crippen molar-refractivity contribution in [2.45, 2.75) is 32.5 Å². The van der Waals surface area contributed by atoms with Gasteiger partial charge in [0.1, 0.15) is 5.76 Å². The third-order valence-corrected chi connectivity index (χ3v) is 6.97. The van der Waals surface area contributed by atoms with Crippen molar-refractivity contribution in [2.24, 2.45) is 0 Å². The number of ether oxygens (including phenoxy) is 1. The summed E-state index contributed by atoms with van der Waals surface area (Å²) in [6, 6.07) is 5.79. The van der Waals surface area contributed by atoms with Gasteiger partial charge in [-0.2, -0.15) is 0 Å². The first-order valence-electron chi connectivity index (χ1n) is 8.02. The molecule has 1 aliphatic heterocycles. The summed E-state index contributed by atoms with van der Waals surface area (Å²) in [4.78, 5) is 15.0. The molecule has 0 N–H and O–H groups in total. The van der Waals surface area contributed by atoms with Gasteiger partial charge in [0.2, 0.25) is 5.76 Å². The van der Waals surface area contributed by atoms with E-state index in [0.29, 0.717) is 25.3 Å². The van der Waals surface area contributed by atoms with Crippen LogP contribution in [0.1, 0.15) is 33.2 Å². The average molecular weight is 383 g/mol. The average Bonchev–Trinajstić information content (AvgIpc) is 3.27. The molecule has 1 atom stereocenters. The molecule has 2 aromatic heterocycles. The number of hydrogen-bond acceptors (Lipinski definition) is 7. The Labute approximate surface area is 151 Å². The van der Waals surface area contributed by atoms with Gasteiger partial charge in [-0.05, 0) is 30.9 Å². The molecule has 2 aromatic rings. The van der Waals surface area contributed by atoms with Gasteiger partial charge in [-0.1, -0.05) is 6.07 Å². The van der Waals surface area contributed by atoms with Crippen molar-refractivity contribution in [2.75, 3.05) is 18.6 Å². The van der Waals surface area contributed by atoms with E-state index in [1.54, 1.807) is 18.3 Å². The first-order valence-corrected chi connectivity index (χ1v) is 10.7. The minimum absolute atomic E-state index is 0.0425. The van der Waals surface area contributed by atoms with Crippen LogP contribution in [-0.2, 0) is 27.7 Å². The van der Waals surface area contributed by atoms with Gasteiger partial charge in [-0.15, -0.1) is 11.3 Å². The molecule has 8 heteroatoms. The molecule has 25 heavy (non-hydrogen) atoms. The highest BCUT2D eigenvalue weighted by atomic mass is 32.2. The standard InChI is InChI=1S/C17H21NO5S2/c1-12-8-14(23-16(12)17(19)22-2)9-18(10-15-4-3-6-24-15)13-5-7-25(20,21)11-13/h3-4,6,8,13H,5,7,9-11H2,1-2H3/t13-/m1/s1. The molecule has 0 spiro atoms. The lowest BCUT2D eigenvalue weighted by atomic mass is 10.2. The minimum atomic E-state index is -2.98. The predicted molar refractivity (Wildman–Crippen MR) is 95.4 cm³/mol. The smallest absolute Gasteiger partial charge is 0.374 e. The number of carbonyl (C=O) groups is 1. The molecule has 0 saturated carbocycles. The summed E-state index contributed by atoms with van der Waals surface area (Å²) in [5.41, 5.74) is 0.719. The van der Waals surface area contributed by atoms with Crippen LogP contribution in [-0.4, -0.2) is 43.9 Å². The molecule has 0 bridgehead atoms. The number of methoxy groups -OCH3 is 1. The topological polar surface area (TPSA) is 76.8 Å². The zero-order valence-corrected chi connectivity index (χ0v) is 15.9. The Morgan fingerprint density at radius 1 is 1.44 bits per heavy atom. The molecule has 3 heterocycles. The lowest BCUT2D eigenvalue weighted by molar-refractivity contribution is 0.0559. The van der Waals surface area contributed by atoms with Gasteiger partial charge in [0.25, 0.3) is 0 Å². The highest BCUT2D eigenvalue weighted by Crippen LogP contribution is 2.25. The summed E-state index contributed by atoms with van der Waals surface area (Å²) in [6.45, 7) is 2.91. The van der Waals surface area contributed by atoms with Gasteiger partial charge in [-0.3, -0.25) is 4.90 Å². The highest BCUT2D eigenvalue weighted by molar-refractivity contribution is 7.91. The molecular formula is C17H21NO5S2. The molecule has 1 aliphatic rings. The van der Waals surface area contributed by atoms with Crippen molar-refractivity contribution < 1.29 is 22.4 Å². The second-order valence-corrected chi connectivity index (χ2v) is 9.52. The zero-order valence-electron chi connectivity index (χ0n) is 14.2. The molecule has 6 nitrogen and oxygen atoms in total. The molecule has 0 aromatic carbocycles. The van der Waals surface area contributed by atoms with E-state index in [1.807, 2.05) is 23.6 Å². The van der Waals surface area contributed by atoms with E-state index in [1.165, 1.54) is 12.0 Å². The number of hydrogen-bond donors (Lipinski definition) is 0. The van der Waals surface area contributed by atoms with Crippen molar-refractivity contribution in [1.82, 2.24) is 4.90 Å². The fraction of sp³-hybridized carbons (Fsp3) is 0.471. The molecule has 0 radical (unpaired) electrons. The van der Waals surface area contributed by atoms with Crippen LogP contribution < -0.4 is 0 Å². The summed E-state index contributed by atoms with van der Waals surface area (Å²) in [6.07, 6.45) is 0.622. The van der Waals surface area contributed by atoms with Crippen LogP contribution in [0, 0.1) is 6.92 Å². The number of esters is 1. The molecule has 1 fully saturated rings. The number of rotatable bonds is 6. The number of nitrogens with zero attached hydrogens (tertiary/aromatic N) is 1. The summed E-state index contributed by atoms with van der Waals surface area (Å²) in [5.74, 6) is 0.730. The fourth-order valence-electron chi connectivity index (χ4n) is 3.10. The lowest BCUT2D eigenvalue weighted by Gasteiger charge is -2.26.